The maximum atomic E-state index is 13.5. The molecule has 5 heteroatoms. The Morgan fingerprint density at radius 2 is 2.12 bits per heavy atom. The highest BCUT2D eigenvalue weighted by atomic mass is 19.1. The molecular weight excluding hydrogens is 317 g/mol. The topological polar surface area (TPSA) is 56.1 Å². The van der Waals surface area contributed by atoms with Gasteiger partial charge in [-0.25, -0.2) is 9.18 Å². The number of benzene rings is 2. The fourth-order valence-corrected chi connectivity index (χ4v) is 3.16. The predicted molar refractivity (Wildman–Crippen MR) is 94.6 cm³/mol. The van der Waals surface area contributed by atoms with Crippen LogP contribution in [0.5, 0.6) is 0 Å². The van der Waals surface area contributed by atoms with E-state index in [-0.39, 0.29) is 11.8 Å². The number of nitrogens with one attached hydrogen (secondary N) is 1. The number of hydrogen-bond acceptors (Lipinski definition) is 2. The van der Waals surface area contributed by atoms with Crippen LogP contribution in [0.4, 0.5) is 14.9 Å². The van der Waals surface area contributed by atoms with E-state index in [0.717, 1.165) is 22.4 Å². The number of amides is 2. The van der Waals surface area contributed by atoms with Crippen molar-refractivity contribution in [3.05, 3.63) is 65.0 Å². The first-order valence-corrected chi connectivity index (χ1v) is 8.30. The van der Waals surface area contributed by atoms with Crippen molar-refractivity contribution in [3.63, 3.8) is 0 Å². The molecule has 0 spiro atoms. The maximum Gasteiger partial charge on any atom is 0.322 e. The van der Waals surface area contributed by atoms with Crippen LogP contribution in [0.2, 0.25) is 0 Å². The normalized spacial score (nSPS) is 15.8. The smallest absolute Gasteiger partial charge is 0.320 e. The van der Waals surface area contributed by atoms with Crippen molar-refractivity contribution in [2.45, 2.75) is 32.2 Å². The highest BCUT2D eigenvalue weighted by Crippen LogP contribution is 2.33. The van der Waals surface area contributed by atoms with Crippen molar-refractivity contribution in [2.75, 3.05) is 11.9 Å². The minimum atomic E-state index is -0.810. The van der Waals surface area contributed by atoms with Crippen molar-refractivity contribution in [3.8, 4) is 6.07 Å². The van der Waals surface area contributed by atoms with Crippen molar-refractivity contribution in [2.24, 2.45) is 0 Å². The van der Waals surface area contributed by atoms with Gasteiger partial charge in [-0.1, -0.05) is 24.3 Å². The van der Waals surface area contributed by atoms with Crippen LogP contribution in [-0.4, -0.2) is 17.5 Å². The zero-order chi connectivity index (χ0) is 18.0. The van der Waals surface area contributed by atoms with Crippen molar-refractivity contribution in [1.82, 2.24) is 4.90 Å². The molecule has 1 aliphatic heterocycles. The standard InChI is InChI=1S/C20H20FN3O/c1-3-24-12-15-7-8-16(10-18(15)23-19(24)25)20(2,13-22)11-14-5-4-6-17(21)9-14/h4-10H,3,11-12H2,1-2H3,(H,23,25). The number of rotatable bonds is 4. The first kappa shape index (κ1) is 17.0. The Labute approximate surface area is 146 Å². The quantitative estimate of drug-likeness (QED) is 0.908. The van der Waals surface area contributed by atoms with Gasteiger partial charge >= 0.3 is 6.03 Å². The average molecular weight is 337 g/mol. The highest BCUT2D eigenvalue weighted by Gasteiger charge is 2.29. The molecule has 2 aromatic carbocycles. The number of fused-ring (bicyclic) bond motifs is 1. The Kier molecular flexibility index (Phi) is 4.45. The van der Waals surface area contributed by atoms with E-state index in [1.54, 1.807) is 11.0 Å². The lowest BCUT2D eigenvalue weighted by atomic mass is 9.78. The molecule has 4 nitrogen and oxygen atoms in total. The maximum absolute atomic E-state index is 13.5. The molecule has 1 atom stereocenters. The van der Waals surface area contributed by atoms with Gasteiger partial charge in [0, 0.05) is 18.8 Å². The van der Waals surface area contributed by atoms with Crippen molar-refractivity contribution >= 4 is 11.7 Å². The Bertz CT molecular complexity index is 858. The third-order valence-electron chi connectivity index (χ3n) is 4.71. The second-order valence-electron chi connectivity index (χ2n) is 6.57. The van der Waals surface area contributed by atoms with Gasteiger partial charge in [-0.2, -0.15) is 5.26 Å². The highest BCUT2D eigenvalue weighted by molar-refractivity contribution is 5.92. The number of carbonyl (C=O) groups is 1. The summed E-state index contributed by atoms with van der Waals surface area (Å²) in [5, 5.41) is 12.7. The van der Waals surface area contributed by atoms with Gasteiger partial charge in [0.25, 0.3) is 0 Å². The van der Waals surface area contributed by atoms with Gasteiger partial charge in [0.15, 0.2) is 0 Å². The fourth-order valence-electron chi connectivity index (χ4n) is 3.16. The van der Waals surface area contributed by atoms with Crippen LogP contribution in [0.3, 0.4) is 0 Å². The first-order valence-electron chi connectivity index (χ1n) is 8.30. The number of hydrogen-bond donors (Lipinski definition) is 1. The molecule has 3 rings (SSSR count). The number of halogens is 1. The minimum absolute atomic E-state index is 0.129. The molecule has 0 fully saturated rings. The third-order valence-corrected chi connectivity index (χ3v) is 4.71. The average Bonchev–Trinajstić information content (AvgIpc) is 2.60. The molecule has 128 valence electrons. The molecular formula is C20H20FN3O. The SMILES string of the molecule is CCN1Cc2ccc(C(C)(C#N)Cc3cccc(F)c3)cc2NC1=O. The number of anilines is 1. The van der Waals surface area contributed by atoms with Gasteiger partial charge in [-0.3, -0.25) is 0 Å². The summed E-state index contributed by atoms with van der Waals surface area (Å²) >= 11 is 0. The van der Waals surface area contributed by atoms with Crippen LogP contribution in [0, 0.1) is 17.1 Å². The van der Waals surface area contributed by atoms with Crippen molar-refractivity contribution in [1.29, 1.82) is 5.26 Å². The van der Waals surface area contributed by atoms with E-state index in [1.807, 2.05) is 38.1 Å². The minimum Gasteiger partial charge on any atom is -0.320 e. The zero-order valence-corrected chi connectivity index (χ0v) is 14.3. The Hall–Kier alpha value is -2.87. The van der Waals surface area contributed by atoms with Gasteiger partial charge in [0.2, 0.25) is 0 Å². The summed E-state index contributed by atoms with van der Waals surface area (Å²) in [4.78, 5) is 13.8. The monoisotopic (exact) mass is 337 g/mol. The molecule has 1 aliphatic rings. The van der Waals surface area contributed by atoms with Gasteiger partial charge in [0.1, 0.15) is 5.82 Å². The van der Waals surface area contributed by atoms with E-state index in [1.165, 1.54) is 12.1 Å². The van der Waals surface area contributed by atoms with Crippen LogP contribution < -0.4 is 5.32 Å². The van der Waals surface area contributed by atoms with Gasteiger partial charge in [0.05, 0.1) is 11.5 Å². The van der Waals surface area contributed by atoms with Gasteiger partial charge in [-0.05, 0) is 55.2 Å². The molecule has 0 radical (unpaired) electrons. The van der Waals surface area contributed by atoms with Crippen LogP contribution in [-0.2, 0) is 18.4 Å². The molecule has 25 heavy (non-hydrogen) atoms. The summed E-state index contributed by atoms with van der Waals surface area (Å²) in [5.74, 6) is -0.310. The van der Waals surface area contributed by atoms with Crippen LogP contribution in [0.15, 0.2) is 42.5 Å². The fraction of sp³-hybridized carbons (Fsp3) is 0.300. The zero-order valence-electron chi connectivity index (χ0n) is 14.3. The predicted octanol–water partition coefficient (Wildman–Crippen LogP) is 4.22. The third kappa shape index (κ3) is 3.34. The molecule has 0 saturated heterocycles. The van der Waals surface area contributed by atoms with E-state index in [9.17, 15) is 14.4 Å². The number of nitriles is 1. The molecule has 2 aromatic rings. The van der Waals surface area contributed by atoms with Gasteiger partial charge < -0.3 is 10.2 Å². The van der Waals surface area contributed by atoms with Crippen LogP contribution in [0.25, 0.3) is 0 Å². The molecule has 0 bridgehead atoms. The van der Waals surface area contributed by atoms with Crippen LogP contribution >= 0.6 is 0 Å². The molecule has 0 aromatic heterocycles. The first-order chi connectivity index (χ1) is 11.9. The van der Waals surface area contributed by atoms with Crippen LogP contribution in [0.1, 0.15) is 30.5 Å². The van der Waals surface area contributed by atoms with E-state index in [0.29, 0.717) is 19.5 Å². The largest absolute Gasteiger partial charge is 0.322 e. The lowest BCUT2D eigenvalue weighted by Crippen LogP contribution is -2.38. The number of urea groups is 1. The van der Waals surface area contributed by atoms with E-state index in [4.69, 9.17) is 0 Å². The van der Waals surface area contributed by atoms with Crippen molar-refractivity contribution < 1.29 is 9.18 Å². The van der Waals surface area contributed by atoms with Gasteiger partial charge in [-0.15, -0.1) is 0 Å². The number of nitrogens with zero attached hydrogens (tertiary/aromatic N) is 2. The summed E-state index contributed by atoms with van der Waals surface area (Å²) in [6.45, 7) is 4.97. The van der Waals surface area contributed by atoms with E-state index >= 15 is 0 Å². The molecule has 1 N–H and O–H groups in total. The molecule has 1 heterocycles. The summed E-state index contributed by atoms with van der Waals surface area (Å²) < 4.78 is 13.5. The van der Waals surface area contributed by atoms with E-state index < -0.39 is 5.41 Å². The van der Waals surface area contributed by atoms with E-state index in [2.05, 4.69) is 11.4 Å². The molecule has 0 aliphatic carbocycles. The molecule has 1 unspecified atom stereocenters. The summed E-state index contributed by atoms with van der Waals surface area (Å²) in [5.41, 5.74) is 2.53. The Balaban J connectivity index is 1.93. The lowest BCUT2D eigenvalue weighted by Gasteiger charge is -2.30. The second kappa shape index (κ2) is 6.56. The lowest BCUT2D eigenvalue weighted by molar-refractivity contribution is 0.210. The number of carbonyl (C=O) groups excluding carboxylic acids is 1. The molecule has 2 amide bonds. The summed E-state index contributed by atoms with van der Waals surface area (Å²) in [7, 11) is 0. The Morgan fingerprint density at radius 3 is 2.80 bits per heavy atom. The summed E-state index contributed by atoms with van der Waals surface area (Å²) in [6.07, 6.45) is 0.398. The summed E-state index contributed by atoms with van der Waals surface area (Å²) in [6, 6.07) is 14.3. The molecule has 0 saturated carbocycles. The second-order valence-corrected chi connectivity index (χ2v) is 6.57. The Morgan fingerprint density at radius 1 is 1.32 bits per heavy atom.